The Balaban J connectivity index is -0.000000750. The van der Waals surface area contributed by atoms with E-state index in [0.29, 0.717) is 5.41 Å². The van der Waals surface area contributed by atoms with Crippen molar-refractivity contribution in [3.63, 3.8) is 0 Å². The van der Waals surface area contributed by atoms with E-state index in [4.69, 9.17) is 5.11 Å². The van der Waals surface area contributed by atoms with Crippen LogP contribution in [0.15, 0.2) is 0 Å². The molecule has 0 amide bonds. The molecule has 1 aliphatic heterocycles. The average molecular weight is 239 g/mol. The summed E-state index contributed by atoms with van der Waals surface area (Å²) in [5.74, 6) is -0.721. The molecule has 0 atom stereocenters. The summed E-state index contributed by atoms with van der Waals surface area (Å²) >= 11 is 0. The molecule has 1 aliphatic rings. The van der Waals surface area contributed by atoms with Crippen LogP contribution in [0.4, 0.5) is 0 Å². The van der Waals surface area contributed by atoms with E-state index in [1.807, 2.05) is 0 Å². The Morgan fingerprint density at radius 1 is 1.35 bits per heavy atom. The Labute approximate surface area is 118 Å². The molecule has 98 valence electrons. The number of nitrogens with zero attached hydrogens (tertiary/aromatic N) is 1. The molecule has 0 spiro atoms. The van der Waals surface area contributed by atoms with Gasteiger partial charge in [-0.05, 0) is 44.3 Å². The number of aliphatic carboxylic acids is 1. The van der Waals surface area contributed by atoms with E-state index in [9.17, 15) is 4.79 Å². The van der Waals surface area contributed by atoms with Crippen LogP contribution >= 0.6 is 0 Å². The monoisotopic (exact) mass is 239 g/mol. The summed E-state index contributed by atoms with van der Waals surface area (Å²) in [6.45, 7) is 9.75. The topological polar surface area (TPSA) is 72.0 Å². The molecular weight excluding hydrogens is 213 g/mol. The van der Waals surface area contributed by atoms with Crippen LogP contribution in [0.1, 0.15) is 41.5 Å². The van der Waals surface area contributed by atoms with Gasteiger partial charge in [-0.25, -0.2) is 0 Å². The molecule has 1 saturated heterocycles. The van der Waals surface area contributed by atoms with E-state index in [-0.39, 0.29) is 31.7 Å². The number of carboxylic acid groups (broad SMARTS) is 1. The summed E-state index contributed by atoms with van der Waals surface area (Å²) < 4.78 is 0. The Morgan fingerprint density at radius 3 is 2.18 bits per heavy atom. The summed E-state index contributed by atoms with van der Waals surface area (Å²) in [5.41, 5.74) is 0.379. The standard InChI is InChI=1S/C12H23NO2.Li.H2O.H/c1-12(2,3)6-9-13-7-4-10(5-8-13)11(14)15;;;/h10H,4-9H2,1-3H3,(H,14,15);;1H2;/q;+1;;-1. The van der Waals surface area contributed by atoms with Crippen molar-refractivity contribution in [1.29, 1.82) is 0 Å². The smallest absolute Gasteiger partial charge is 1.00 e. The van der Waals surface area contributed by atoms with Crippen LogP contribution in [0, 0.1) is 11.3 Å². The molecule has 0 aromatic carbocycles. The minimum atomic E-state index is -0.620. The Hall–Kier alpha value is -0.0126. The molecular formula is C12H26LiNO3. The number of piperidine rings is 1. The number of carbonyl (C=O) groups is 1. The zero-order valence-corrected chi connectivity index (χ0v) is 11.6. The van der Waals surface area contributed by atoms with Crippen LogP contribution < -0.4 is 18.9 Å². The molecule has 0 aliphatic carbocycles. The SMILES string of the molecule is CC(C)(C)CCN1CCC(C(=O)O)CC1.O.[H-].[Li+]. The maximum atomic E-state index is 10.8. The molecule has 3 N–H and O–H groups in total. The van der Waals surface area contributed by atoms with Crippen molar-refractivity contribution in [3.8, 4) is 0 Å². The first-order valence-corrected chi connectivity index (χ1v) is 5.84. The summed E-state index contributed by atoms with van der Waals surface area (Å²) in [7, 11) is 0. The molecule has 0 unspecified atom stereocenters. The summed E-state index contributed by atoms with van der Waals surface area (Å²) in [4.78, 5) is 13.2. The van der Waals surface area contributed by atoms with Gasteiger partial charge in [0.05, 0.1) is 5.92 Å². The van der Waals surface area contributed by atoms with E-state index < -0.39 is 5.97 Å². The first-order valence-electron chi connectivity index (χ1n) is 5.84. The Kier molecular flexibility index (Phi) is 9.27. The van der Waals surface area contributed by atoms with Gasteiger partial charge in [-0.15, -0.1) is 0 Å². The predicted octanol–water partition coefficient (Wildman–Crippen LogP) is -1.49. The quantitative estimate of drug-likeness (QED) is 0.610. The number of hydrogen-bond acceptors (Lipinski definition) is 2. The van der Waals surface area contributed by atoms with Crippen LogP contribution in [0.2, 0.25) is 0 Å². The maximum Gasteiger partial charge on any atom is 1.00 e. The summed E-state index contributed by atoms with van der Waals surface area (Å²) in [5, 5.41) is 8.87. The fraction of sp³-hybridized carbons (Fsp3) is 0.917. The molecule has 0 aromatic heterocycles. The van der Waals surface area contributed by atoms with Crippen molar-refractivity contribution >= 4 is 5.97 Å². The first kappa shape index (κ1) is 19.3. The molecule has 0 bridgehead atoms. The van der Waals surface area contributed by atoms with Gasteiger partial charge in [0, 0.05) is 0 Å². The van der Waals surface area contributed by atoms with Crippen LogP contribution in [-0.4, -0.2) is 41.1 Å². The van der Waals surface area contributed by atoms with Gasteiger partial charge < -0.3 is 16.9 Å². The molecule has 0 saturated carbocycles. The fourth-order valence-corrected chi connectivity index (χ4v) is 1.90. The van der Waals surface area contributed by atoms with Crippen LogP contribution in [0.25, 0.3) is 0 Å². The molecule has 5 heteroatoms. The minimum Gasteiger partial charge on any atom is -1.00 e. The normalized spacial score (nSPS) is 18.1. The third kappa shape index (κ3) is 7.83. The van der Waals surface area contributed by atoms with E-state index in [2.05, 4.69) is 25.7 Å². The maximum absolute atomic E-state index is 10.8. The van der Waals surface area contributed by atoms with Crippen molar-refractivity contribution in [2.24, 2.45) is 11.3 Å². The van der Waals surface area contributed by atoms with Crippen LogP contribution in [-0.2, 0) is 4.79 Å². The fourth-order valence-electron chi connectivity index (χ4n) is 1.90. The third-order valence-electron chi connectivity index (χ3n) is 3.11. The van der Waals surface area contributed by atoms with E-state index in [1.54, 1.807) is 0 Å². The van der Waals surface area contributed by atoms with Crippen molar-refractivity contribution < 1.29 is 35.7 Å². The zero-order valence-electron chi connectivity index (χ0n) is 12.6. The van der Waals surface area contributed by atoms with Gasteiger partial charge in [0.2, 0.25) is 0 Å². The zero-order chi connectivity index (χ0) is 11.5. The van der Waals surface area contributed by atoms with Gasteiger partial charge in [0.25, 0.3) is 0 Å². The second-order valence-electron chi connectivity index (χ2n) is 5.76. The number of hydrogen-bond donors (Lipinski definition) is 1. The number of rotatable bonds is 3. The Morgan fingerprint density at radius 2 is 1.82 bits per heavy atom. The molecule has 1 fully saturated rings. The van der Waals surface area contributed by atoms with Gasteiger partial charge in [0.1, 0.15) is 0 Å². The average Bonchev–Trinajstić information content (AvgIpc) is 2.14. The summed E-state index contributed by atoms with van der Waals surface area (Å²) in [6.07, 6.45) is 2.82. The van der Waals surface area contributed by atoms with Gasteiger partial charge in [-0.2, -0.15) is 0 Å². The molecule has 1 rings (SSSR count). The van der Waals surface area contributed by atoms with Crippen molar-refractivity contribution in [2.75, 3.05) is 19.6 Å². The Bertz CT molecular complexity index is 226. The predicted molar refractivity (Wildman–Crippen MR) is 65.6 cm³/mol. The molecule has 0 aromatic rings. The minimum absolute atomic E-state index is 0. The molecule has 17 heavy (non-hydrogen) atoms. The van der Waals surface area contributed by atoms with Gasteiger partial charge >= 0.3 is 24.8 Å². The molecule has 4 nitrogen and oxygen atoms in total. The van der Waals surface area contributed by atoms with Crippen molar-refractivity contribution in [3.05, 3.63) is 0 Å². The first-order chi connectivity index (χ1) is 6.88. The van der Waals surface area contributed by atoms with Gasteiger partial charge in [-0.1, -0.05) is 20.8 Å². The van der Waals surface area contributed by atoms with Crippen LogP contribution in [0.3, 0.4) is 0 Å². The largest absolute Gasteiger partial charge is 1.00 e. The van der Waals surface area contributed by atoms with Crippen molar-refractivity contribution in [2.45, 2.75) is 40.0 Å². The molecule has 0 radical (unpaired) electrons. The number of likely N-dealkylation sites (tertiary alicyclic amines) is 1. The summed E-state index contributed by atoms with van der Waals surface area (Å²) in [6, 6.07) is 0. The number of carboxylic acids is 1. The van der Waals surface area contributed by atoms with E-state index in [0.717, 1.165) is 32.5 Å². The molecule has 1 heterocycles. The van der Waals surface area contributed by atoms with Crippen molar-refractivity contribution in [1.82, 2.24) is 4.90 Å². The second-order valence-corrected chi connectivity index (χ2v) is 5.76. The van der Waals surface area contributed by atoms with Crippen LogP contribution in [0.5, 0.6) is 0 Å². The van der Waals surface area contributed by atoms with Gasteiger partial charge in [-0.3, -0.25) is 4.79 Å². The second kappa shape index (κ2) is 8.15. The third-order valence-corrected chi connectivity index (χ3v) is 3.11. The van der Waals surface area contributed by atoms with Gasteiger partial charge in [0.15, 0.2) is 0 Å². The van der Waals surface area contributed by atoms with E-state index >= 15 is 0 Å². The van der Waals surface area contributed by atoms with E-state index in [1.165, 1.54) is 6.42 Å².